The van der Waals surface area contributed by atoms with Gasteiger partial charge < -0.3 is 14.8 Å². The van der Waals surface area contributed by atoms with E-state index in [2.05, 4.69) is 16.9 Å². The van der Waals surface area contributed by atoms with Crippen molar-refractivity contribution in [2.24, 2.45) is 0 Å². The molecule has 2 aromatic heterocycles. The van der Waals surface area contributed by atoms with Gasteiger partial charge >= 0.3 is 0 Å². The number of aromatic amines is 1. The summed E-state index contributed by atoms with van der Waals surface area (Å²) in [5, 5.41) is 1.96. The normalized spacial score (nSPS) is 18.8. The van der Waals surface area contributed by atoms with Crippen LogP contribution in [-0.4, -0.2) is 51.2 Å². The molecule has 2 amide bonds. The molecule has 7 heteroatoms. The third-order valence-electron chi connectivity index (χ3n) is 5.77. The van der Waals surface area contributed by atoms with Crippen LogP contribution >= 0.6 is 11.3 Å². The lowest BCUT2D eigenvalue weighted by molar-refractivity contribution is -0.139. The number of nitrogens with one attached hydrogen (secondary N) is 1. The molecule has 138 valence electrons. The minimum atomic E-state index is -0.376. The van der Waals surface area contributed by atoms with Crippen LogP contribution in [0.3, 0.4) is 0 Å². The van der Waals surface area contributed by atoms with Crippen LogP contribution in [0.25, 0.3) is 0 Å². The minimum absolute atomic E-state index is 0.0869. The Morgan fingerprint density at radius 3 is 2.73 bits per heavy atom. The molecule has 1 fully saturated rings. The van der Waals surface area contributed by atoms with Gasteiger partial charge in [-0.25, -0.2) is 4.98 Å². The summed E-state index contributed by atoms with van der Waals surface area (Å²) < 4.78 is 0. The Hall–Kier alpha value is -2.15. The number of aryl methyl sites for hydroxylation is 1. The predicted molar refractivity (Wildman–Crippen MR) is 100 cm³/mol. The molecule has 2 aliphatic heterocycles. The van der Waals surface area contributed by atoms with Gasteiger partial charge in [0, 0.05) is 48.9 Å². The summed E-state index contributed by atoms with van der Waals surface area (Å²) in [5.41, 5.74) is 2.54. The molecule has 26 heavy (non-hydrogen) atoms. The highest BCUT2D eigenvalue weighted by Gasteiger charge is 2.48. The van der Waals surface area contributed by atoms with Gasteiger partial charge in [-0.15, -0.1) is 11.3 Å². The molecule has 6 nitrogen and oxygen atoms in total. The first kappa shape index (κ1) is 17.3. The standard InChI is InChI=1S/C19H24N4O2S/c1-3-15-10-14(11-26-15)18(25)22-8-5-19(6-9-22)17-16(20-12-21-17)4-7-23(19)13(2)24/h10-12H,3-9H2,1-2H3,(H,20,21). The Kier molecular flexibility index (Phi) is 4.34. The predicted octanol–water partition coefficient (Wildman–Crippen LogP) is 2.57. The number of piperidine rings is 1. The highest BCUT2D eigenvalue weighted by atomic mass is 32.1. The van der Waals surface area contributed by atoms with Crippen LogP contribution < -0.4 is 0 Å². The first-order chi connectivity index (χ1) is 12.5. The molecule has 2 aliphatic rings. The van der Waals surface area contributed by atoms with Crippen molar-refractivity contribution >= 4 is 23.2 Å². The summed E-state index contributed by atoms with van der Waals surface area (Å²) in [6.45, 7) is 5.74. The fraction of sp³-hybridized carbons (Fsp3) is 0.526. The van der Waals surface area contributed by atoms with Gasteiger partial charge in [-0.1, -0.05) is 6.92 Å². The molecule has 0 unspecified atom stereocenters. The molecule has 0 radical (unpaired) electrons. The van der Waals surface area contributed by atoms with Gasteiger partial charge in [0.25, 0.3) is 5.91 Å². The van der Waals surface area contributed by atoms with E-state index in [1.165, 1.54) is 4.88 Å². The average Bonchev–Trinajstić information content (AvgIpc) is 3.31. The maximum Gasteiger partial charge on any atom is 0.254 e. The number of likely N-dealkylation sites (tertiary alicyclic amines) is 1. The van der Waals surface area contributed by atoms with Gasteiger partial charge in [-0.05, 0) is 25.3 Å². The Labute approximate surface area is 157 Å². The molecule has 0 saturated carbocycles. The largest absolute Gasteiger partial charge is 0.348 e. The van der Waals surface area contributed by atoms with Crippen LogP contribution in [0.1, 0.15) is 53.3 Å². The molecule has 0 bridgehead atoms. The zero-order valence-corrected chi connectivity index (χ0v) is 16.1. The number of H-pyrrole nitrogens is 1. The molecule has 1 N–H and O–H groups in total. The molecule has 0 aromatic carbocycles. The summed E-state index contributed by atoms with van der Waals surface area (Å²) in [7, 11) is 0. The number of amides is 2. The van der Waals surface area contributed by atoms with Crippen molar-refractivity contribution in [1.29, 1.82) is 0 Å². The third kappa shape index (κ3) is 2.65. The van der Waals surface area contributed by atoms with Gasteiger partial charge in [0.1, 0.15) is 0 Å². The van der Waals surface area contributed by atoms with Crippen molar-refractivity contribution < 1.29 is 9.59 Å². The van der Waals surface area contributed by atoms with Gasteiger partial charge in [-0.3, -0.25) is 9.59 Å². The van der Waals surface area contributed by atoms with E-state index in [9.17, 15) is 9.59 Å². The first-order valence-corrected chi connectivity index (χ1v) is 10.1. The van der Waals surface area contributed by atoms with Crippen LogP contribution in [0.5, 0.6) is 0 Å². The molecular weight excluding hydrogens is 348 g/mol. The van der Waals surface area contributed by atoms with E-state index in [4.69, 9.17) is 0 Å². The van der Waals surface area contributed by atoms with E-state index >= 15 is 0 Å². The number of nitrogens with zero attached hydrogens (tertiary/aromatic N) is 3. The lowest BCUT2D eigenvalue weighted by atomic mass is 9.78. The van der Waals surface area contributed by atoms with Crippen LogP contribution in [0.4, 0.5) is 0 Å². The number of aromatic nitrogens is 2. The average molecular weight is 372 g/mol. The molecule has 1 spiro atoms. The third-order valence-corrected chi connectivity index (χ3v) is 6.85. The maximum absolute atomic E-state index is 12.8. The second kappa shape index (κ2) is 6.54. The number of thiophene rings is 1. The molecule has 0 atom stereocenters. The monoisotopic (exact) mass is 372 g/mol. The Morgan fingerprint density at radius 2 is 2.08 bits per heavy atom. The number of hydrogen-bond donors (Lipinski definition) is 1. The van der Waals surface area contributed by atoms with E-state index in [0.717, 1.165) is 42.6 Å². The van der Waals surface area contributed by atoms with Crippen molar-refractivity contribution in [3.05, 3.63) is 39.6 Å². The van der Waals surface area contributed by atoms with Gasteiger partial charge in [0.05, 0.1) is 23.1 Å². The minimum Gasteiger partial charge on any atom is -0.348 e. The quantitative estimate of drug-likeness (QED) is 0.881. The smallest absolute Gasteiger partial charge is 0.254 e. The molecule has 4 rings (SSSR count). The Morgan fingerprint density at radius 1 is 1.31 bits per heavy atom. The van der Waals surface area contributed by atoms with Gasteiger partial charge in [-0.2, -0.15) is 0 Å². The molecule has 2 aromatic rings. The highest BCUT2D eigenvalue weighted by molar-refractivity contribution is 7.10. The summed E-state index contributed by atoms with van der Waals surface area (Å²) in [5.74, 6) is 0.187. The summed E-state index contributed by atoms with van der Waals surface area (Å²) in [6, 6.07) is 2.01. The second-order valence-corrected chi connectivity index (χ2v) is 8.13. The number of rotatable bonds is 2. The number of imidazole rings is 1. The van der Waals surface area contributed by atoms with Crippen molar-refractivity contribution in [1.82, 2.24) is 19.8 Å². The number of carbonyl (C=O) groups is 2. The Bertz CT molecular complexity index is 832. The topological polar surface area (TPSA) is 69.3 Å². The fourth-order valence-corrected chi connectivity index (χ4v) is 5.19. The summed E-state index contributed by atoms with van der Waals surface area (Å²) in [6.07, 6.45) is 4.97. The van der Waals surface area contributed by atoms with Crippen LogP contribution in [-0.2, 0) is 23.2 Å². The summed E-state index contributed by atoms with van der Waals surface area (Å²) >= 11 is 1.65. The maximum atomic E-state index is 12.8. The lowest BCUT2D eigenvalue weighted by Crippen LogP contribution is -2.58. The number of fused-ring (bicyclic) bond motifs is 2. The van der Waals surface area contributed by atoms with Crippen molar-refractivity contribution in [3.8, 4) is 0 Å². The molecule has 0 aliphatic carbocycles. The van der Waals surface area contributed by atoms with E-state index < -0.39 is 0 Å². The van der Waals surface area contributed by atoms with Crippen molar-refractivity contribution in [2.75, 3.05) is 19.6 Å². The molecule has 4 heterocycles. The van der Waals surface area contributed by atoms with Crippen molar-refractivity contribution in [2.45, 2.75) is 45.1 Å². The first-order valence-electron chi connectivity index (χ1n) is 9.23. The van der Waals surface area contributed by atoms with Gasteiger partial charge in [0.15, 0.2) is 0 Å². The zero-order valence-electron chi connectivity index (χ0n) is 15.2. The van der Waals surface area contributed by atoms with E-state index in [1.807, 2.05) is 21.2 Å². The highest BCUT2D eigenvalue weighted by Crippen LogP contribution is 2.42. The number of carbonyl (C=O) groups excluding carboxylic acids is 2. The van der Waals surface area contributed by atoms with E-state index in [-0.39, 0.29) is 17.4 Å². The SMILES string of the molecule is CCc1cc(C(=O)N2CCC3(CC2)c2nc[nH]c2CCN3C(C)=O)cs1. The second-order valence-electron chi connectivity index (χ2n) is 7.13. The van der Waals surface area contributed by atoms with Gasteiger partial charge in [0.2, 0.25) is 5.91 Å². The summed E-state index contributed by atoms with van der Waals surface area (Å²) in [4.78, 5) is 38.0. The lowest BCUT2D eigenvalue weighted by Gasteiger charge is -2.50. The Balaban J connectivity index is 1.56. The van der Waals surface area contributed by atoms with Crippen LogP contribution in [0.2, 0.25) is 0 Å². The van der Waals surface area contributed by atoms with Crippen LogP contribution in [0, 0.1) is 0 Å². The zero-order chi connectivity index (χ0) is 18.3. The molecule has 1 saturated heterocycles. The fourth-order valence-electron chi connectivity index (χ4n) is 4.38. The van der Waals surface area contributed by atoms with Crippen molar-refractivity contribution in [3.63, 3.8) is 0 Å². The van der Waals surface area contributed by atoms with Crippen LogP contribution in [0.15, 0.2) is 17.8 Å². The number of hydrogen-bond acceptors (Lipinski definition) is 4. The molecular formula is C19H24N4O2S. The van der Waals surface area contributed by atoms with E-state index in [1.54, 1.807) is 24.6 Å². The van der Waals surface area contributed by atoms with E-state index in [0.29, 0.717) is 19.6 Å².